The van der Waals surface area contributed by atoms with Crippen molar-refractivity contribution in [3.8, 4) is 0 Å². The zero-order valence-electron chi connectivity index (χ0n) is 11.0. The van der Waals surface area contributed by atoms with E-state index in [0.29, 0.717) is 10.7 Å². The largest absolute Gasteiger partial charge is 0.367 e. The van der Waals surface area contributed by atoms with Gasteiger partial charge in [0.2, 0.25) is 0 Å². The quantitative estimate of drug-likeness (QED) is 0.847. The summed E-state index contributed by atoms with van der Waals surface area (Å²) in [6, 6.07) is 8.82. The van der Waals surface area contributed by atoms with E-state index in [9.17, 15) is 4.39 Å². The Morgan fingerprint density at radius 3 is 2.25 bits per heavy atom. The highest BCUT2D eigenvalue weighted by Crippen LogP contribution is 2.27. The topological polar surface area (TPSA) is 19.4 Å². The Balaban J connectivity index is 1.72. The third-order valence-electron chi connectivity index (χ3n) is 3.56. The van der Waals surface area contributed by atoms with E-state index in [1.165, 1.54) is 6.07 Å². The third kappa shape index (κ3) is 2.56. The van der Waals surface area contributed by atoms with Gasteiger partial charge in [0.25, 0.3) is 0 Å². The highest BCUT2D eigenvalue weighted by Gasteiger charge is 2.20. The van der Waals surface area contributed by atoms with E-state index in [-0.39, 0.29) is 5.82 Å². The molecule has 0 atom stereocenters. The molecular weight excluding hydrogens is 277 g/mol. The Labute approximate surface area is 122 Å². The molecule has 0 spiro atoms. The average molecular weight is 292 g/mol. The maximum atomic E-state index is 13.8. The number of anilines is 2. The maximum Gasteiger partial charge on any atom is 0.146 e. The van der Waals surface area contributed by atoms with Crippen molar-refractivity contribution in [2.75, 3.05) is 36.0 Å². The van der Waals surface area contributed by atoms with Gasteiger partial charge < -0.3 is 9.80 Å². The van der Waals surface area contributed by atoms with Gasteiger partial charge in [0.1, 0.15) is 5.82 Å². The normalized spacial score (nSPS) is 15.5. The highest BCUT2D eigenvalue weighted by molar-refractivity contribution is 6.33. The average Bonchev–Trinajstić information content (AvgIpc) is 2.49. The van der Waals surface area contributed by atoms with Crippen molar-refractivity contribution < 1.29 is 4.39 Å². The van der Waals surface area contributed by atoms with Gasteiger partial charge in [0, 0.05) is 38.6 Å². The van der Waals surface area contributed by atoms with Crippen LogP contribution in [-0.4, -0.2) is 31.2 Å². The van der Waals surface area contributed by atoms with Gasteiger partial charge in [-0.2, -0.15) is 0 Å². The molecule has 3 rings (SSSR count). The van der Waals surface area contributed by atoms with Gasteiger partial charge in [-0.3, -0.25) is 4.98 Å². The molecule has 0 bridgehead atoms. The first kappa shape index (κ1) is 13.2. The summed E-state index contributed by atoms with van der Waals surface area (Å²) in [6.07, 6.45) is 3.39. The third-order valence-corrected chi connectivity index (χ3v) is 3.86. The molecule has 1 aromatic heterocycles. The standard InChI is InChI=1S/C15H15ClFN3/c16-12-11-18-6-5-14(12)19-7-9-20(10-8-19)15-4-2-1-3-13(15)17/h1-6,11H,7-10H2. The smallest absolute Gasteiger partial charge is 0.146 e. The Morgan fingerprint density at radius 2 is 1.60 bits per heavy atom. The maximum absolute atomic E-state index is 13.8. The van der Waals surface area contributed by atoms with Crippen LogP contribution < -0.4 is 9.80 Å². The number of hydrogen-bond acceptors (Lipinski definition) is 3. The van der Waals surface area contributed by atoms with Crippen LogP contribution in [0, 0.1) is 5.82 Å². The van der Waals surface area contributed by atoms with Crippen molar-refractivity contribution in [1.29, 1.82) is 0 Å². The molecule has 5 heteroatoms. The molecule has 0 unspecified atom stereocenters. The molecule has 1 saturated heterocycles. The van der Waals surface area contributed by atoms with Crippen LogP contribution in [0.1, 0.15) is 0 Å². The summed E-state index contributed by atoms with van der Waals surface area (Å²) in [7, 11) is 0. The van der Waals surface area contributed by atoms with E-state index in [1.807, 2.05) is 18.2 Å². The van der Waals surface area contributed by atoms with Crippen LogP contribution in [-0.2, 0) is 0 Å². The van der Waals surface area contributed by atoms with Crippen LogP contribution in [0.4, 0.5) is 15.8 Å². The van der Waals surface area contributed by atoms with Crippen LogP contribution in [0.5, 0.6) is 0 Å². The van der Waals surface area contributed by atoms with Gasteiger partial charge in [-0.25, -0.2) is 4.39 Å². The zero-order chi connectivity index (χ0) is 13.9. The van der Waals surface area contributed by atoms with Gasteiger partial charge in [0.05, 0.1) is 16.4 Å². The number of benzene rings is 1. The molecule has 0 N–H and O–H groups in total. The Kier molecular flexibility index (Phi) is 3.74. The lowest BCUT2D eigenvalue weighted by Crippen LogP contribution is -2.46. The first-order valence-corrected chi connectivity index (χ1v) is 6.97. The molecule has 1 aromatic carbocycles. The predicted molar refractivity (Wildman–Crippen MR) is 80.1 cm³/mol. The Bertz CT molecular complexity index is 544. The number of para-hydroxylation sites is 1. The summed E-state index contributed by atoms with van der Waals surface area (Å²) in [5, 5.41) is 0.659. The van der Waals surface area contributed by atoms with E-state index in [1.54, 1.807) is 18.5 Å². The number of hydrogen-bond donors (Lipinski definition) is 0. The minimum absolute atomic E-state index is 0.164. The SMILES string of the molecule is Fc1ccccc1N1CCN(c2ccncc2Cl)CC1. The Hall–Kier alpha value is -1.81. The molecule has 1 aliphatic heterocycles. The van der Waals surface area contributed by atoms with E-state index in [2.05, 4.69) is 14.8 Å². The van der Waals surface area contributed by atoms with E-state index in [4.69, 9.17) is 11.6 Å². The van der Waals surface area contributed by atoms with Gasteiger partial charge in [0.15, 0.2) is 0 Å². The number of rotatable bonds is 2. The number of pyridine rings is 1. The van der Waals surface area contributed by atoms with E-state index in [0.717, 1.165) is 31.9 Å². The molecule has 0 amide bonds. The summed E-state index contributed by atoms with van der Waals surface area (Å²) in [4.78, 5) is 8.28. The molecular formula is C15H15ClFN3. The number of aromatic nitrogens is 1. The lowest BCUT2D eigenvalue weighted by Gasteiger charge is -2.37. The fourth-order valence-corrected chi connectivity index (χ4v) is 2.76. The monoisotopic (exact) mass is 291 g/mol. The van der Waals surface area contributed by atoms with Crippen molar-refractivity contribution in [2.45, 2.75) is 0 Å². The lowest BCUT2D eigenvalue weighted by atomic mass is 10.2. The summed E-state index contributed by atoms with van der Waals surface area (Å²) in [5.74, 6) is -0.164. The van der Waals surface area contributed by atoms with Gasteiger partial charge in [-0.05, 0) is 18.2 Å². The molecule has 0 aliphatic carbocycles. The molecule has 0 radical (unpaired) electrons. The second-order valence-corrected chi connectivity index (χ2v) is 5.16. The zero-order valence-corrected chi connectivity index (χ0v) is 11.7. The first-order chi connectivity index (χ1) is 9.75. The van der Waals surface area contributed by atoms with E-state index >= 15 is 0 Å². The van der Waals surface area contributed by atoms with Crippen molar-refractivity contribution in [1.82, 2.24) is 4.98 Å². The number of piperazine rings is 1. The van der Waals surface area contributed by atoms with Crippen molar-refractivity contribution in [3.63, 3.8) is 0 Å². The lowest BCUT2D eigenvalue weighted by molar-refractivity contribution is 0.598. The van der Waals surface area contributed by atoms with Crippen LogP contribution in [0.3, 0.4) is 0 Å². The second-order valence-electron chi connectivity index (χ2n) is 4.75. The van der Waals surface area contributed by atoms with E-state index < -0.39 is 0 Å². The Morgan fingerprint density at radius 1 is 0.950 bits per heavy atom. The minimum atomic E-state index is -0.164. The summed E-state index contributed by atoms with van der Waals surface area (Å²) in [5.41, 5.74) is 1.67. The van der Waals surface area contributed by atoms with Crippen molar-refractivity contribution >= 4 is 23.0 Å². The molecule has 104 valence electrons. The number of halogens is 2. The molecule has 20 heavy (non-hydrogen) atoms. The molecule has 1 aliphatic rings. The summed E-state index contributed by atoms with van der Waals surface area (Å²) >= 11 is 6.16. The van der Waals surface area contributed by atoms with Crippen LogP contribution in [0.2, 0.25) is 5.02 Å². The molecule has 2 heterocycles. The first-order valence-electron chi connectivity index (χ1n) is 6.59. The summed E-state index contributed by atoms with van der Waals surface area (Å²) in [6.45, 7) is 3.19. The van der Waals surface area contributed by atoms with Crippen molar-refractivity contribution in [2.24, 2.45) is 0 Å². The number of nitrogens with zero attached hydrogens (tertiary/aromatic N) is 3. The van der Waals surface area contributed by atoms with Gasteiger partial charge in [-0.15, -0.1) is 0 Å². The van der Waals surface area contributed by atoms with Crippen LogP contribution in [0.25, 0.3) is 0 Å². The summed E-state index contributed by atoms with van der Waals surface area (Å²) < 4.78 is 13.8. The predicted octanol–water partition coefficient (Wildman–Crippen LogP) is 3.20. The molecule has 1 fully saturated rings. The van der Waals surface area contributed by atoms with Gasteiger partial charge in [-0.1, -0.05) is 23.7 Å². The molecule has 3 nitrogen and oxygen atoms in total. The van der Waals surface area contributed by atoms with Crippen LogP contribution >= 0.6 is 11.6 Å². The van der Waals surface area contributed by atoms with Crippen molar-refractivity contribution in [3.05, 3.63) is 53.6 Å². The molecule has 0 saturated carbocycles. The van der Waals surface area contributed by atoms with Gasteiger partial charge >= 0.3 is 0 Å². The fraction of sp³-hybridized carbons (Fsp3) is 0.267. The molecule has 2 aromatic rings. The highest BCUT2D eigenvalue weighted by atomic mass is 35.5. The minimum Gasteiger partial charge on any atom is -0.367 e. The second kappa shape index (κ2) is 5.67. The van der Waals surface area contributed by atoms with Crippen LogP contribution in [0.15, 0.2) is 42.7 Å². The fourth-order valence-electron chi connectivity index (χ4n) is 2.52.